The lowest BCUT2D eigenvalue weighted by molar-refractivity contribution is 0.134. The predicted octanol–water partition coefficient (Wildman–Crippen LogP) is 4.23. The minimum absolute atomic E-state index is 0.189. The third kappa shape index (κ3) is 3.45. The summed E-state index contributed by atoms with van der Waals surface area (Å²) in [6, 6.07) is 0. The zero-order valence-corrected chi connectivity index (χ0v) is 11.3. The second-order valence-corrected chi connectivity index (χ2v) is 6.03. The van der Waals surface area contributed by atoms with E-state index in [1.54, 1.807) is 11.1 Å². The van der Waals surface area contributed by atoms with Crippen LogP contribution in [-0.4, -0.2) is 11.2 Å². The van der Waals surface area contributed by atoms with E-state index in [-0.39, 0.29) is 6.10 Å². The highest BCUT2D eigenvalue weighted by atomic mass is 16.3. The number of hydrogen-bond acceptors (Lipinski definition) is 1. The molecule has 1 heteroatoms. The van der Waals surface area contributed by atoms with Gasteiger partial charge in [0.2, 0.25) is 0 Å². The van der Waals surface area contributed by atoms with Crippen molar-refractivity contribution in [2.75, 3.05) is 0 Å². The Morgan fingerprint density at radius 1 is 1.35 bits per heavy atom. The van der Waals surface area contributed by atoms with Crippen molar-refractivity contribution in [2.45, 2.75) is 64.9 Å². The fraction of sp³-hybridized carbons (Fsp3) is 0.750. The summed E-state index contributed by atoms with van der Waals surface area (Å²) < 4.78 is 0. The fourth-order valence-electron chi connectivity index (χ4n) is 3.20. The minimum atomic E-state index is -0.189. The first kappa shape index (κ1) is 12.9. The summed E-state index contributed by atoms with van der Waals surface area (Å²) in [4.78, 5) is 0. The van der Waals surface area contributed by atoms with Gasteiger partial charge in [0.05, 0.1) is 6.10 Å². The van der Waals surface area contributed by atoms with Gasteiger partial charge >= 0.3 is 0 Å². The maximum absolute atomic E-state index is 9.91. The van der Waals surface area contributed by atoms with Crippen molar-refractivity contribution < 1.29 is 5.11 Å². The summed E-state index contributed by atoms with van der Waals surface area (Å²) in [7, 11) is 0. The van der Waals surface area contributed by atoms with Gasteiger partial charge in [0.25, 0.3) is 0 Å². The van der Waals surface area contributed by atoms with Crippen molar-refractivity contribution in [3.05, 3.63) is 23.3 Å². The third-order valence-electron chi connectivity index (χ3n) is 4.55. The monoisotopic (exact) mass is 234 g/mol. The molecule has 2 aliphatic carbocycles. The lowest BCUT2D eigenvalue weighted by Crippen LogP contribution is -2.21. The van der Waals surface area contributed by atoms with E-state index < -0.39 is 0 Å². The average molecular weight is 234 g/mol. The molecule has 0 saturated carbocycles. The van der Waals surface area contributed by atoms with Crippen LogP contribution in [0.3, 0.4) is 0 Å². The molecule has 0 radical (unpaired) electrons. The fourth-order valence-corrected chi connectivity index (χ4v) is 3.20. The molecule has 0 aromatic heterocycles. The molecule has 2 rings (SSSR count). The molecule has 3 atom stereocenters. The highest BCUT2D eigenvalue weighted by Crippen LogP contribution is 2.34. The molecule has 1 nitrogen and oxygen atoms in total. The largest absolute Gasteiger partial charge is 0.389 e. The van der Waals surface area contributed by atoms with Crippen LogP contribution in [0.25, 0.3) is 0 Å². The number of rotatable bonds is 3. The van der Waals surface area contributed by atoms with Crippen LogP contribution < -0.4 is 0 Å². The van der Waals surface area contributed by atoms with Crippen LogP contribution in [0, 0.1) is 11.8 Å². The van der Waals surface area contributed by atoms with Gasteiger partial charge in [-0.2, -0.15) is 0 Å². The van der Waals surface area contributed by atoms with Crippen molar-refractivity contribution in [1.82, 2.24) is 0 Å². The summed E-state index contributed by atoms with van der Waals surface area (Å²) >= 11 is 0. The number of hydrogen-bond donors (Lipinski definition) is 1. The quantitative estimate of drug-likeness (QED) is 0.724. The average Bonchev–Trinajstić information content (AvgIpc) is 2.32. The highest BCUT2D eigenvalue weighted by Gasteiger charge is 2.21. The molecule has 1 unspecified atom stereocenters. The minimum Gasteiger partial charge on any atom is -0.389 e. The Bertz CT molecular complexity index is 313. The summed E-state index contributed by atoms with van der Waals surface area (Å²) in [6.07, 6.45) is 12.6. The van der Waals surface area contributed by atoms with E-state index in [0.29, 0.717) is 5.92 Å². The van der Waals surface area contributed by atoms with E-state index in [0.717, 1.165) is 12.3 Å². The zero-order valence-electron chi connectivity index (χ0n) is 11.3. The summed E-state index contributed by atoms with van der Waals surface area (Å²) in [5.74, 6) is 1.36. The third-order valence-corrected chi connectivity index (χ3v) is 4.55. The molecule has 17 heavy (non-hydrogen) atoms. The van der Waals surface area contributed by atoms with Gasteiger partial charge in [-0.25, -0.2) is 0 Å². The second-order valence-electron chi connectivity index (χ2n) is 6.03. The van der Waals surface area contributed by atoms with E-state index in [4.69, 9.17) is 0 Å². The van der Waals surface area contributed by atoms with Crippen LogP contribution >= 0.6 is 0 Å². The zero-order chi connectivity index (χ0) is 12.3. The Morgan fingerprint density at radius 2 is 2.18 bits per heavy atom. The van der Waals surface area contributed by atoms with Crippen LogP contribution in [0.1, 0.15) is 58.8 Å². The van der Waals surface area contributed by atoms with Crippen molar-refractivity contribution in [1.29, 1.82) is 0 Å². The molecule has 0 saturated heterocycles. The molecule has 0 amide bonds. The second kappa shape index (κ2) is 5.86. The van der Waals surface area contributed by atoms with Crippen molar-refractivity contribution >= 4 is 0 Å². The van der Waals surface area contributed by atoms with Gasteiger partial charge in [-0.05, 0) is 63.7 Å². The van der Waals surface area contributed by atoms with Crippen LogP contribution in [0.15, 0.2) is 23.3 Å². The summed E-state index contributed by atoms with van der Waals surface area (Å²) in [5.41, 5.74) is 3.31. The van der Waals surface area contributed by atoms with E-state index in [1.165, 1.54) is 38.5 Å². The molecule has 0 aromatic carbocycles. The lowest BCUT2D eigenvalue weighted by atomic mass is 9.80. The van der Waals surface area contributed by atoms with Gasteiger partial charge in [0, 0.05) is 0 Å². The van der Waals surface area contributed by atoms with E-state index in [9.17, 15) is 5.11 Å². The highest BCUT2D eigenvalue weighted by molar-refractivity contribution is 5.16. The van der Waals surface area contributed by atoms with Crippen LogP contribution in [0.5, 0.6) is 0 Å². The Morgan fingerprint density at radius 3 is 2.94 bits per heavy atom. The van der Waals surface area contributed by atoms with Crippen LogP contribution in [0.4, 0.5) is 0 Å². The first-order valence-electron chi connectivity index (χ1n) is 7.19. The molecular formula is C16H26O. The Labute approximate surface area is 106 Å². The number of aliphatic hydroxyl groups is 1. The van der Waals surface area contributed by atoms with Gasteiger partial charge in [0.1, 0.15) is 0 Å². The lowest BCUT2D eigenvalue weighted by Gasteiger charge is -2.27. The summed E-state index contributed by atoms with van der Waals surface area (Å²) in [6.45, 7) is 4.67. The Hall–Kier alpha value is -0.560. The smallest absolute Gasteiger partial charge is 0.0749 e. The van der Waals surface area contributed by atoms with E-state index in [2.05, 4.69) is 19.9 Å². The molecule has 0 bridgehead atoms. The Balaban J connectivity index is 1.87. The topological polar surface area (TPSA) is 20.2 Å². The van der Waals surface area contributed by atoms with Gasteiger partial charge in [-0.15, -0.1) is 0 Å². The van der Waals surface area contributed by atoms with Crippen molar-refractivity contribution in [3.63, 3.8) is 0 Å². The maximum atomic E-state index is 9.91. The standard InChI is InChI=1S/C16H26O/c1-12-7-8-13(2)15(11-12)10-9-14-5-3-4-6-16(14)17/h4,6,12,14,16-17H,3,5,7-11H2,1-2H3/t12-,14-,16?/m1/s1. The SMILES string of the molecule is CC1=C(CC[C@H]2CCC=CC2O)C[C@H](C)CC1. The number of allylic oxidation sites excluding steroid dienone is 3. The molecule has 0 aromatic rings. The molecular weight excluding hydrogens is 208 g/mol. The molecule has 0 spiro atoms. The molecule has 2 aliphatic rings. The van der Waals surface area contributed by atoms with Gasteiger partial charge < -0.3 is 5.11 Å². The van der Waals surface area contributed by atoms with Crippen molar-refractivity contribution in [2.24, 2.45) is 11.8 Å². The molecule has 0 heterocycles. The normalized spacial score (nSPS) is 34.2. The Kier molecular flexibility index (Phi) is 4.44. The predicted molar refractivity (Wildman–Crippen MR) is 72.8 cm³/mol. The maximum Gasteiger partial charge on any atom is 0.0749 e. The van der Waals surface area contributed by atoms with Gasteiger partial charge in [-0.1, -0.05) is 30.2 Å². The molecule has 1 N–H and O–H groups in total. The molecule has 0 fully saturated rings. The van der Waals surface area contributed by atoms with Crippen LogP contribution in [-0.2, 0) is 0 Å². The van der Waals surface area contributed by atoms with Gasteiger partial charge in [0.15, 0.2) is 0 Å². The first-order valence-corrected chi connectivity index (χ1v) is 7.19. The number of aliphatic hydroxyl groups excluding tert-OH is 1. The molecule has 0 aliphatic heterocycles. The van der Waals surface area contributed by atoms with Gasteiger partial charge in [-0.3, -0.25) is 0 Å². The van der Waals surface area contributed by atoms with Crippen LogP contribution in [0.2, 0.25) is 0 Å². The van der Waals surface area contributed by atoms with E-state index >= 15 is 0 Å². The first-order chi connectivity index (χ1) is 8.16. The van der Waals surface area contributed by atoms with E-state index in [1.807, 2.05) is 6.08 Å². The van der Waals surface area contributed by atoms with Crippen molar-refractivity contribution in [3.8, 4) is 0 Å². The summed E-state index contributed by atoms with van der Waals surface area (Å²) in [5, 5.41) is 9.91. The molecule has 96 valence electrons.